The molecule has 0 radical (unpaired) electrons. The molecule has 8 nitrogen and oxygen atoms in total. The molecule has 3 rings (SSSR count). The molecule has 0 spiro atoms. The predicted molar refractivity (Wildman–Crippen MR) is 112 cm³/mol. The average molecular weight is 410 g/mol. The zero-order chi connectivity index (χ0) is 21.5. The Labute approximate surface area is 174 Å². The van der Waals surface area contributed by atoms with E-state index >= 15 is 0 Å². The van der Waals surface area contributed by atoms with Crippen molar-refractivity contribution < 1.29 is 14.3 Å². The van der Waals surface area contributed by atoms with Crippen molar-refractivity contribution in [3.63, 3.8) is 0 Å². The van der Waals surface area contributed by atoms with Crippen LogP contribution in [-0.2, 0) is 11.3 Å². The normalized spacial score (nSPS) is 19.8. The van der Waals surface area contributed by atoms with Gasteiger partial charge in [0.2, 0.25) is 19.0 Å². The summed E-state index contributed by atoms with van der Waals surface area (Å²) < 4.78 is 1.79. The van der Waals surface area contributed by atoms with Gasteiger partial charge in [-0.3, -0.25) is 4.79 Å². The molecule has 8 heteroatoms. The highest BCUT2D eigenvalue weighted by molar-refractivity contribution is 5.76. The van der Waals surface area contributed by atoms with Crippen LogP contribution in [0.3, 0.4) is 0 Å². The predicted octanol–water partition coefficient (Wildman–Crippen LogP) is 3.23. The van der Waals surface area contributed by atoms with Crippen molar-refractivity contribution in [1.82, 2.24) is 0 Å². The number of carbonyl (C=O) groups excluding carboxylic acids is 1. The number of amides is 1. The van der Waals surface area contributed by atoms with E-state index in [1.807, 2.05) is 48.5 Å². The molecule has 0 aromatic heterocycles. The summed E-state index contributed by atoms with van der Waals surface area (Å²) in [4.78, 5) is 47.2. The number of nitroso groups, excluding NO2 is 3. The van der Waals surface area contributed by atoms with Crippen LogP contribution in [0.25, 0.3) is 0 Å². The van der Waals surface area contributed by atoms with Gasteiger partial charge in [0.1, 0.15) is 12.0 Å². The quantitative estimate of drug-likeness (QED) is 0.505. The van der Waals surface area contributed by atoms with Gasteiger partial charge in [-0.05, 0) is 22.3 Å². The second-order valence-corrected chi connectivity index (χ2v) is 7.81. The molecule has 2 N–H and O–H groups in total. The minimum absolute atomic E-state index is 0.116. The Morgan fingerprint density at radius 3 is 2.63 bits per heavy atom. The van der Waals surface area contributed by atoms with Gasteiger partial charge >= 0.3 is 0 Å². The second-order valence-electron chi connectivity index (χ2n) is 7.81. The smallest absolute Gasteiger partial charge is 0.227 e. The third-order valence-electron chi connectivity index (χ3n) is 5.57. The molecule has 1 fully saturated rings. The van der Waals surface area contributed by atoms with Crippen LogP contribution in [0.4, 0.5) is 0 Å². The molecule has 30 heavy (non-hydrogen) atoms. The number of piperidine rings is 1. The molecule has 1 saturated heterocycles. The molecule has 2 aromatic rings. The third kappa shape index (κ3) is 5.62. The van der Waals surface area contributed by atoms with E-state index in [9.17, 15) is 19.5 Å². The molecule has 1 heterocycles. The second kappa shape index (κ2) is 9.96. The molecule has 0 bridgehead atoms. The molecule has 156 valence electrons. The van der Waals surface area contributed by atoms with E-state index in [1.165, 1.54) is 0 Å². The molecule has 1 amide bonds. The Morgan fingerprint density at radius 1 is 1.17 bits per heavy atom. The van der Waals surface area contributed by atoms with Gasteiger partial charge in [-0.1, -0.05) is 59.8 Å². The van der Waals surface area contributed by atoms with Gasteiger partial charge in [0.25, 0.3) is 0 Å². The fourth-order valence-corrected chi connectivity index (χ4v) is 3.94. The maximum absolute atomic E-state index is 12.2. The Balaban J connectivity index is 1.65. The molecule has 0 aliphatic carbocycles. The van der Waals surface area contributed by atoms with Gasteiger partial charge in [0, 0.05) is 32.5 Å². The highest BCUT2D eigenvalue weighted by Crippen LogP contribution is 2.31. The minimum atomic E-state index is -0.656. The lowest BCUT2D eigenvalue weighted by molar-refractivity contribution is -0.566. The first-order valence-electron chi connectivity index (χ1n) is 10.1. The molecular formula is C22H26N4O4+2. The van der Waals surface area contributed by atoms with Gasteiger partial charge in [0.05, 0.1) is 0 Å². The number of hydrogen-bond acceptors (Lipinski definition) is 5. The zero-order valence-corrected chi connectivity index (χ0v) is 16.7. The zero-order valence-electron chi connectivity index (χ0n) is 16.7. The fraction of sp³-hybridized carbons (Fsp3) is 0.409. The lowest BCUT2D eigenvalue weighted by Gasteiger charge is -2.22. The molecule has 3 atom stereocenters. The highest BCUT2D eigenvalue weighted by Gasteiger charge is 2.36. The molecular weight excluding hydrogens is 384 g/mol. The molecule has 1 aliphatic heterocycles. The van der Waals surface area contributed by atoms with Crippen molar-refractivity contribution >= 4 is 5.91 Å². The van der Waals surface area contributed by atoms with Crippen molar-refractivity contribution in [1.29, 1.82) is 0 Å². The SMILES string of the molecule is NC(=O)C1CC(c2cccc(C(CC[N+](=O)Cc3ccccc3)N=O)c2)C[N+](=O)C1. The number of primary amides is 1. The molecule has 2 aromatic carbocycles. The Hall–Kier alpha value is -3.29. The summed E-state index contributed by atoms with van der Waals surface area (Å²) in [6, 6.07) is 16.1. The third-order valence-corrected chi connectivity index (χ3v) is 5.57. The summed E-state index contributed by atoms with van der Waals surface area (Å²) in [5.74, 6) is -1.11. The average Bonchev–Trinajstić information content (AvgIpc) is 2.74. The van der Waals surface area contributed by atoms with Crippen LogP contribution >= 0.6 is 0 Å². The monoisotopic (exact) mass is 410 g/mol. The van der Waals surface area contributed by atoms with E-state index in [4.69, 9.17) is 5.73 Å². The Bertz CT molecular complexity index is 932. The van der Waals surface area contributed by atoms with E-state index in [0.717, 1.165) is 20.6 Å². The lowest BCUT2D eigenvalue weighted by atomic mass is 9.84. The van der Waals surface area contributed by atoms with Gasteiger partial charge in [0.15, 0.2) is 13.1 Å². The first-order valence-corrected chi connectivity index (χ1v) is 10.1. The van der Waals surface area contributed by atoms with Crippen molar-refractivity contribution in [2.75, 3.05) is 19.6 Å². The van der Waals surface area contributed by atoms with Crippen LogP contribution in [0.15, 0.2) is 59.8 Å². The van der Waals surface area contributed by atoms with Crippen LogP contribution in [-0.4, -0.2) is 35.1 Å². The first-order chi connectivity index (χ1) is 14.5. The maximum atomic E-state index is 12.2. The molecule has 1 aliphatic rings. The van der Waals surface area contributed by atoms with E-state index in [0.29, 0.717) is 18.4 Å². The summed E-state index contributed by atoms with van der Waals surface area (Å²) >= 11 is 0. The first kappa shape index (κ1) is 21.4. The minimum Gasteiger partial charge on any atom is -0.369 e. The van der Waals surface area contributed by atoms with E-state index in [1.54, 1.807) is 6.07 Å². The van der Waals surface area contributed by atoms with Gasteiger partial charge in [-0.25, -0.2) is 0 Å². The lowest BCUT2D eigenvalue weighted by Crippen LogP contribution is -2.38. The summed E-state index contributed by atoms with van der Waals surface area (Å²) in [7, 11) is 0. The Morgan fingerprint density at radius 2 is 1.93 bits per heavy atom. The fourth-order valence-electron chi connectivity index (χ4n) is 3.94. The van der Waals surface area contributed by atoms with Crippen LogP contribution in [0.1, 0.15) is 41.5 Å². The molecule has 0 saturated carbocycles. The number of benzene rings is 2. The number of nitrogens with zero attached hydrogens (tertiary/aromatic N) is 3. The van der Waals surface area contributed by atoms with Crippen LogP contribution in [0, 0.1) is 20.6 Å². The summed E-state index contributed by atoms with van der Waals surface area (Å²) in [6.45, 7) is 0.821. The van der Waals surface area contributed by atoms with Crippen molar-refractivity contribution in [2.24, 2.45) is 16.8 Å². The summed E-state index contributed by atoms with van der Waals surface area (Å²) in [5.41, 5.74) is 7.88. The van der Waals surface area contributed by atoms with Gasteiger partial charge in [-0.2, -0.15) is 4.91 Å². The number of nitrogens with two attached hydrogens (primary N) is 1. The van der Waals surface area contributed by atoms with E-state index in [-0.39, 0.29) is 32.1 Å². The van der Waals surface area contributed by atoms with Crippen LogP contribution < -0.4 is 5.73 Å². The van der Waals surface area contributed by atoms with Crippen LogP contribution in [0.5, 0.6) is 0 Å². The maximum Gasteiger partial charge on any atom is 0.227 e. The van der Waals surface area contributed by atoms with Crippen molar-refractivity contribution in [3.05, 3.63) is 86.0 Å². The Kier molecular flexibility index (Phi) is 7.11. The summed E-state index contributed by atoms with van der Waals surface area (Å²) in [5, 5.41) is 3.22. The van der Waals surface area contributed by atoms with Gasteiger partial charge in [-0.15, -0.1) is 0 Å². The number of rotatable bonds is 9. The van der Waals surface area contributed by atoms with Crippen molar-refractivity contribution in [3.8, 4) is 0 Å². The van der Waals surface area contributed by atoms with E-state index < -0.39 is 17.9 Å². The van der Waals surface area contributed by atoms with Crippen LogP contribution in [0.2, 0.25) is 0 Å². The summed E-state index contributed by atoms with van der Waals surface area (Å²) in [6.07, 6.45) is 0.799. The highest BCUT2D eigenvalue weighted by atomic mass is 16.3. The molecule has 3 unspecified atom stereocenters. The number of hydrogen-bond donors (Lipinski definition) is 1. The number of carbonyl (C=O) groups is 1. The largest absolute Gasteiger partial charge is 0.369 e. The van der Waals surface area contributed by atoms with Crippen molar-refractivity contribution in [2.45, 2.75) is 31.3 Å². The van der Waals surface area contributed by atoms with E-state index in [2.05, 4.69) is 5.18 Å². The topological polar surface area (TPSA) is 113 Å². The van der Waals surface area contributed by atoms with Gasteiger partial charge < -0.3 is 5.73 Å². The standard InChI is InChI=1S/C22H25N4O4/c23-22(27)20-12-19(14-26(30)15-20)17-7-4-8-18(11-17)21(24-28)9-10-25(29)13-16-5-2-1-3-6-16/h1-8,11,19-21H,9-10,12-15H2,(H-,23,27)/q+1/p+1.